The number of hydrazone groups is 1. The lowest BCUT2D eigenvalue weighted by Crippen LogP contribution is -1.98. The first-order chi connectivity index (χ1) is 7.31. The highest BCUT2D eigenvalue weighted by Gasteiger charge is 1.98. The van der Waals surface area contributed by atoms with Crippen LogP contribution in [0.25, 0.3) is 0 Å². The maximum Gasteiger partial charge on any atom is 0.237 e. The van der Waals surface area contributed by atoms with Crippen LogP contribution in [0.1, 0.15) is 12.5 Å². The summed E-state index contributed by atoms with van der Waals surface area (Å²) in [6.45, 7) is 2.03. The third-order valence-corrected chi connectivity index (χ3v) is 1.90. The smallest absolute Gasteiger partial charge is 0.237 e. The van der Waals surface area contributed by atoms with Crippen LogP contribution in [0.4, 0.5) is 5.69 Å². The fourth-order valence-corrected chi connectivity index (χ4v) is 1.13. The van der Waals surface area contributed by atoms with Crippen LogP contribution < -0.4 is 5.43 Å². The fraction of sp³-hybridized carbons (Fsp3) is 0.182. The van der Waals surface area contributed by atoms with E-state index in [0.717, 1.165) is 17.7 Å². The van der Waals surface area contributed by atoms with E-state index < -0.39 is 0 Å². The normalized spacial score (nSPS) is 8.47. The zero-order valence-electron chi connectivity index (χ0n) is 8.36. The van der Waals surface area contributed by atoms with Gasteiger partial charge in [-0.3, -0.25) is 5.43 Å². The summed E-state index contributed by atoms with van der Waals surface area (Å²) in [5, 5.41) is 20.7. The standard InChI is InChI=1S/C11H10N4/c1-2-9-5-3-4-6-11(9)15-14-10(7-12)8-13/h3-6,15H,2H2,1H3. The largest absolute Gasteiger partial charge is 0.276 e. The third kappa shape index (κ3) is 2.82. The first kappa shape index (κ1) is 10.7. The average molecular weight is 198 g/mol. The molecule has 1 N–H and O–H groups in total. The van der Waals surface area contributed by atoms with Gasteiger partial charge in [0.2, 0.25) is 5.71 Å². The first-order valence-electron chi connectivity index (χ1n) is 4.53. The van der Waals surface area contributed by atoms with Crippen LogP contribution in [-0.4, -0.2) is 5.71 Å². The number of aryl methyl sites for hydroxylation is 1. The van der Waals surface area contributed by atoms with Gasteiger partial charge in [-0.15, -0.1) is 0 Å². The van der Waals surface area contributed by atoms with Gasteiger partial charge in [-0.25, -0.2) is 0 Å². The summed E-state index contributed by atoms with van der Waals surface area (Å²) in [5.41, 5.74) is 4.45. The van der Waals surface area contributed by atoms with Gasteiger partial charge in [0.15, 0.2) is 0 Å². The molecule has 0 saturated carbocycles. The van der Waals surface area contributed by atoms with Gasteiger partial charge in [0.1, 0.15) is 12.1 Å². The van der Waals surface area contributed by atoms with Crippen molar-refractivity contribution in [1.29, 1.82) is 10.5 Å². The Kier molecular flexibility index (Phi) is 3.88. The van der Waals surface area contributed by atoms with Crippen molar-refractivity contribution in [2.24, 2.45) is 5.10 Å². The van der Waals surface area contributed by atoms with Crippen molar-refractivity contribution in [3.63, 3.8) is 0 Å². The van der Waals surface area contributed by atoms with E-state index in [2.05, 4.69) is 10.5 Å². The Balaban J connectivity index is 2.87. The molecule has 0 radical (unpaired) electrons. The van der Waals surface area contributed by atoms with E-state index in [4.69, 9.17) is 10.5 Å². The highest BCUT2D eigenvalue weighted by molar-refractivity contribution is 6.10. The van der Waals surface area contributed by atoms with Gasteiger partial charge in [0.25, 0.3) is 0 Å². The summed E-state index contributed by atoms with van der Waals surface area (Å²) < 4.78 is 0. The Morgan fingerprint density at radius 3 is 2.60 bits per heavy atom. The second-order valence-corrected chi connectivity index (χ2v) is 2.81. The molecule has 0 spiro atoms. The summed E-state index contributed by atoms with van der Waals surface area (Å²) in [6.07, 6.45) is 0.868. The SMILES string of the molecule is CCc1ccccc1NN=C(C#N)C#N. The van der Waals surface area contributed by atoms with Crippen molar-refractivity contribution < 1.29 is 0 Å². The molecule has 0 heterocycles. The molecule has 1 aromatic rings. The number of hydrogen-bond acceptors (Lipinski definition) is 4. The molecule has 0 fully saturated rings. The maximum atomic E-state index is 8.49. The molecular formula is C11H10N4. The van der Waals surface area contributed by atoms with Crippen LogP contribution in [-0.2, 0) is 6.42 Å². The molecule has 4 heteroatoms. The van der Waals surface area contributed by atoms with Gasteiger partial charge < -0.3 is 0 Å². The Morgan fingerprint density at radius 2 is 2.00 bits per heavy atom. The van der Waals surface area contributed by atoms with Crippen LogP contribution in [0, 0.1) is 22.7 Å². The highest BCUT2D eigenvalue weighted by Crippen LogP contribution is 2.14. The van der Waals surface area contributed by atoms with Crippen LogP contribution in [0.15, 0.2) is 29.4 Å². The fourth-order valence-electron chi connectivity index (χ4n) is 1.13. The summed E-state index contributed by atoms with van der Waals surface area (Å²) in [7, 11) is 0. The second kappa shape index (κ2) is 5.41. The average Bonchev–Trinajstić information content (AvgIpc) is 2.31. The van der Waals surface area contributed by atoms with Crippen molar-refractivity contribution in [2.45, 2.75) is 13.3 Å². The number of nitrogens with zero attached hydrogens (tertiary/aromatic N) is 3. The number of anilines is 1. The molecule has 0 aromatic heterocycles. The molecular weight excluding hydrogens is 188 g/mol. The Morgan fingerprint density at radius 1 is 1.33 bits per heavy atom. The van der Waals surface area contributed by atoms with Gasteiger partial charge in [-0.05, 0) is 18.1 Å². The van der Waals surface area contributed by atoms with Crippen molar-refractivity contribution in [3.8, 4) is 12.1 Å². The Hall–Kier alpha value is -2.33. The van der Waals surface area contributed by atoms with Crippen LogP contribution in [0.2, 0.25) is 0 Å². The Bertz CT molecular complexity index is 432. The van der Waals surface area contributed by atoms with Crippen molar-refractivity contribution in [3.05, 3.63) is 29.8 Å². The maximum absolute atomic E-state index is 8.49. The summed E-state index contributed by atoms with van der Waals surface area (Å²) in [5.74, 6) is 0. The first-order valence-corrected chi connectivity index (χ1v) is 4.53. The van der Waals surface area contributed by atoms with E-state index in [1.54, 1.807) is 12.1 Å². The topological polar surface area (TPSA) is 72.0 Å². The zero-order chi connectivity index (χ0) is 11.1. The molecule has 0 saturated heterocycles. The van der Waals surface area contributed by atoms with Crippen molar-refractivity contribution in [1.82, 2.24) is 0 Å². The monoisotopic (exact) mass is 198 g/mol. The number of para-hydroxylation sites is 1. The predicted octanol–water partition coefficient (Wildman–Crippen LogP) is 2.06. The van der Waals surface area contributed by atoms with E-state index in [0.29, 0.717) is 0 Å². The number of nitriles is 2. The molecule has 1 aromatic carbocycles. The van der Waals surface area contributed by atoms with Gasteiger partial charge in [-0.1, -0.05) is 25.1 Å². The molecule has 1 rings (SSSR count). The van der Waals surface area contributed by atoms with Gasteiger partial charge in [-0.2, -0.15) is 15.6 Å². The van der Waals surface area contributed by atoms with Gasteiger partial charge >= 0.3 is 0 Å². The van der Waals surface area contributed by atoms with E-state index in [1.165, 1.54) is 0 Å². The quantitative estimate of drug-likeness (QED) is 0.596. The molecule has 0 aliphatic heterocycles. The van der Waals surface area contributed by atoms with Crippen molar-refractivity contribution >= 4 is 11.4 Å². The van der Waals surface area contributed by atoms with E-state index in [-0.39, 0.29) is 5.71 Å². The summed E-state index contributed by atoms with van der Waals surface area (Å²) in [6, 6.07) is 11.0. The number of benzene rings is 1. The molecule has 0 aliphatic carbocycles. The Labute approximate surface area is 88.5 Å². The van der Waals surface area contributed by atoms with Crippen molar-refractivity contribution in [2.75, 3.05) is 5.43 Å². The predicted molar refractivity (Wildman–Crippen MR) is 58.1 cm³/mol. The van der Waals surface area contributed by atoms with Crippen LogP contribution >= 0.6 is 0 Å². The van der Waals surface area contributed by atoms with Gasteiger partial charge in [0.05, 0.1) is 5.69 Å². The van der Waals surface area contributed by atoms with Gasteiger partial charge in [0, 0.05) is 0 Å². The minimum Gasteiger partial charge on any atom is -0.276 e. The molecule has 74 valence electrons. The van der Waals surface area contributed by atoms with Crippen LogP contribution in [0.5, 0.6) is 0 Å². The van der Waals surface area contributed by atoms with E-state index >= 15 is 0 Å². The van der Waals surface area contributed by atoms with E-state index in [1.807, 2.05) is 31.2 Å². The summed E-state index contributed by atoms with van der Waals surface area (Å²) in [4.78, 5) is 0. The minimum absolute atomic E-state index is 0.180. The minimum atomic E-state index is -0.180. The lowest BCUT2D eigenvalue weighted by atomic mass is 10.1. The number of hydrogen-bond donors (Lipinski definition) is 1. The summed E-state index contributed by atoms with van der Waals surface area (Å²) >= 11 is 0. The molecule has 0 atom stereocenters. The molecule has 0 unspecified atom stereocenters. The van der Waals surface area contributed by atoms with E-state index in [9.17, 15) is 0 Å². The second-order valence-electron chi connectivity index (χ2n) is 2.81. The molecule has 4 nitrogen and oxygen atoms in total. The zero-order valence-corrected chi connectivity index (χ0v) is 8.36. The number of nitrogens with one attached hydrogen (secondary N) is 1. The molecule has 15 heavy (non-hydrogen) atoms. The molecule has 0 aliphatic rings. The molecule has 0 amide bonds. The van der Waals surface area contributed by atoms with Crippen LogP contribution in [0.3, 0.4) is 0 Å². The number of rotatable bonds is 3. The highest BCUT2D eigenvalue weighted by atomic mass is 15.3. The molecule has 0 bridgehead atoms. The third-order valence-electron chi connectivity index (χ3n) is 1.90. The lowest BCUT2D eigenvalue weighted by Gasteiger charge is -2.05. The lowest BCUT2D eigenvalue weighted by molar-refractivity contribution is 1.13.